The van der Waals surface area contributed by atoms with Crippen molar-refractivity contribution in [1.29, 1.82) is 0 Å². The van der Waals surface area contributed by atoms with Crippen molar-refractivity contribution in [2.45, 2.75) is 40.7 Å². The van der Waals surface area contributed by atoms with Crippen molar-refractivity contribution >= 4 is 17.5 Å². The van der Waals surface area contributed by atoms with Gasteiger partial charge in [0, 0.05) is 11.1 Å². The molecule has 0 aromatic heterocycles. The lowest BCUT2D eigenvalue weighted by Crippen LogP contribution is -2.46. The molecule has 0 spiro atoms. The van der Waals surface area contributed by atoms with Crippen molar-refractivity contribution in [3.05, 3.63) is 29.8 Å². The summed E-state index contributed by atoms with van der Waals surface area (Å²) in [7, 11) is 0. The minimum absolute atomic E-state index is 0.139. The summed E-state index contributed by atoms with van der Waals surface area (Å²) < 4.78 is 0. The molecule has 0 radical (unpaired) electrons. The van der Waals surface area contributed by atoms with Crippen LogP contribution in [0.3, 0.4) is 0 Å². The Labute approximate surface area is 114 Å². The first-order valence-corrected chi connectivity index (χ1v) is 6.39. The van der Waals surface area contributed by atoms with Crippen molar-refractivity contribution in [2.75, 3.05) is 5.32 Å². The van der Waals surface area contributed by atoms with Gasteiger partial charge in [-0.05, 0) is 25.5 Å². The SMILES string of the molecule is Cc1ccccc1NC(=O)[C@@H](C)NC(=O)C(C)(C)C. The summed E-state index contributed by atoms with van der Waals surface area (Å²) in [6, 6.07) is 6.97. The Hall–Kier alpha value is -1.84. The molecule has 0 unspecified atom stereocenters. The van der Waals surface area contributed by atoms with Crippen LogP contribution in [0.15, 0.2) is 24.3 Å². The van der Waals surface area contributed by atoms with Gasteiger partial charge < -0.3 is 10.6 Å². The molecule has 4 nitrogen and oxygen atoms in total. The topological polar surface area (TPSA) is 58.2 Å². The van der Waals surface area contributed by atoms with Crippen LogP contribution in [-0.2, 0) is 9.59 Å². The van der Waals surface area contributed by atoms with Crippen molar-refractivity contribution < 1.29 is 9.59 Å². The van der Waals surface area contributed by atoms with Gasteiger partial charge in [0.1, 0.15) is 6.04 Å². The van der Waals surface area contributed by atoms with Gasteiger partial charge in [0.15, 0.2) is 0 Å². The molecule has 1 rings (SSSR count). The van der Waals surface area contributed by atoms with Crippen LogP contribution >= 0.6 is 0 Å². The highest BCUT2D eigenvalue weighted by molar-refractivity contribution is 5.97. The Morgan fingerprint density at radius 3 is 2.26 bits per heavy atom. The van der Waals surface area contributed by atoms with E-state index in [0.29, 0.717) is 0 Å². The summed E-state index contributed by atoms with van der Waals surface area (Å²) in [5, 5.41) is 5.52. The van der Waals surface area contributed by atoms with E-state index in [4.69, 9.17) is 0 Å². The van der Waals surface area contributed by atoms with Crippen LogP contribution < -0.4 is 10.6 Å². The lowest BCUT2D eigenvalue weighted by atomic mass is 9.95. The van der Waals surface area contributed by atoms with E-state index in [1.165, 1.54) is 0 Å². The number of aryl methyl sites for hydroxylation is 1. The van der Waals surface area contributed by atoms with E-state index in [9.17, 15) is 9.59 Å². The van der Waals surface area contributed by atoms with E-state index in [1.807, 2.05) is 52.0 Å². The molecule has 0 saturated heterocycles. The molecular formula is C15H22N2O2. The summed E-state index contributed by atoms with van der Waals surface area (Å²) in [6.45, 7) is 9.04. The third-order valence-electron chi connectivity index (χ3n) is 2.83. The number of para-hydroxylation sites is 1. The average Bonchev–Trinajstić information content (AvgIpc) is 2.30. The first-order chi connectivity index (χ1) is 8.71. The maximum atomic E-state index is 12.0. The van der Waals surface area contributed by atoms with Gasteiger partial charge in [0.25, 0.3) is 0 Å². The van der Waals surface area contributed by atoms with Gasteiger partial charge in [0.05, 0.1) is 0 Å². The molecule has 1 aromatic rings. The van der Waals surface area contributed by atoms with Crippen molar-refractivity contribution in [3.8, 4) is 0 Å². The first kappa shape index (κ1) is 15.2. The molecule has 0 aliphatic heterocycles. The average molecular weight is 262 g/mol. The Kier molecular flexibility index (Phi) is 4.70. The van der Waals surface area contributed by atoms with E-state index < -0.39 is 11.5 Å². The van der Waals surface area contributed by atoms with Crippen LogP contribution in [-0.4, -0.2) is 17.9 Å². The fourth-order valence-corrected chi connectivity index (χ4v) is 1.43. The van der Waals surface area contributed by atoms with E-state index in [1.54, 1.807) is 6.92 Å². The molecular weight excluding hydrogens is 240 g/mol. The summed E-state index contributed by atoms with van der Waals surface area (Å²) in [5.41, 5.74) is 1.26. The summed E-state index contributed by atoms with van der Waals surface area (Å²) in [5.74, 6) is -0.355. The first-order valence-electron chi connectivity index (χ1n) is 6.39. The molecule has 1 aromatic carbocycles. The van der Waals surface area contributed by atoms with Gasteiger partial charge in [-0.15, -0.1) is 0 Å². The highest BCUT2D eigenvalue weighted by Crippen LogP contribution is 2.15. The molecule has 1 atom stereocenters. The van der Waals surface area contributed by atoms with Gasteiger partial charge in [0.2, 0.25) is 11.8 Å². The van der Waals surface area contributed by atoms with Crippen LogP contribution in [0.5, 0.6) is 0 Å². The maximum absolute atomic E-state index is 12.0. The lowest BCUT2D eigenvalue weighted by Gasteiger charge is -2.21. The zero-order chi connectivity index (χ0) is 14.6. The molecule has 0 bridgehead atoms. The van der Waals surface area contributed by atoms with E-state index in [-0.39, 0.29) is 11.8 Å². The van der Waals surface area contributed by atoms with E-state index >= 15 is 0 Å². The number of hydrogen-bond donors (Lipinski definition) is 2. The number of hydrogen-bond acceptors (Lipinski definition) is 2. The Balaban J connectivity index is 2.64. The number of rotatable bonds is 3. The van der Waals surface area contributed by atoms with Gasteiger partial charge in [-0.3, -0.25) is 9.59 Å². The Bertz CT molecular complexity index is 475. The second-order valence-electron chi connectivity index (χ2n) is 5.75. The second kappa shape index (κ2) is 5.87. The minimum Gasteiger partial charge on any atom is -0.344 e. The third-order valence-corrected chi connectivity index (χ3v) is 2.83. The number of benzene rings is 1. The third kappa shape index (κ3) is 4.39. The zero-order valence-corrected chi connectivity index (χ0v) is 12.2. The number of carbonyl (C=O) groups is 2. The smallest absolute Gasteiger partial charge is 0.246 e. The molecule has 0 aliphatic carbocycles. The number of nitrogens with one attached hydrogen (secondary N) is 2. The van der Waals surface area contributed by atoms with Crippen molar-refractivity contribution in [2.24, 2.45) is 5.41 Å². The van der Waals surface area contributed by atoms with Crippen LogP contribution in [0.25, 0.3) is 0 Å². The molecule has 0 aliphatic rings. The van der Waals surface area contributed by atoms with Gasteiger partial charge >= 0.3 is 0 Å². The fraction of sp³-hybridized carbons (Fsp3) is 0.467. The summed E-state index contributed by atoms with van der Waals surface area (Å²) in [6.07, 6.45) is 0. The van der Waals surface area contributed by atoms with Crippen LogP contribution in [0.1, 0.15) is 33.3 Å². The monoisotopic (exact) mass is 262 g/mol. The van der Waals surface area contributed by atoms with Crippen LogP contribution in [0.2, 0.25) is 0 Å². The minimum atomic E-state index is -0.564. The van der Waals surface area contributed by atoms with Crippen molar-refractivity contribution in [3.63, 3.8) is 0 Å². The summed E-state index contributed by atoms with van der Waals surface area (Å²) in [4.78, 5) is 23.8. The van der Waals surface area contributed by atoms with E-state index in [2.05, 4.69) is 10.6 Å². The molecule has 104 valence electrons. The predicted octanol–water partition coefficient (Wildman–Crippen LogP) is 2.48. The number of anilines is 1. The van der Waals surface area contributed by atoms with Gasteiger partial charge in [-0.25, -0.2) is 0 Å². The van der Waals surface area contributed by atoms with Crippen LogP contribution in [0.4, 0.5) is 5.69 Å². The zero-order valence-electron chi connectivity index (χ0n) is 12.2. The highest BCUT2D eigenvalue weighted by atomic mass is 16.2. The normalized spacial score (nSPS) is 12.7. The van der Waals surface area contributed by atoms with E-state index in [0.717, 1.165) is 11.3 Å². The molecule has 4 heteroatoms. The number of amides is 2. The van der Waals surface area contributed by atoms with Gasteiger partial charge in [-0.1, -0.05) is 39.0 Å². The molecule has 0 fully saturated rings. The van der Waals surface area contributed by atoms with Gasteiger partial charge in [-0.2, -0.15) is 0 Å². The van der Waals surface area contributed by atoms with Crippen molar-refractivity contribution in [1.82, 2.24) is 5.32 Å². The molecule has 2 N–H and O–H groups in total. The maximum Gasteiger partial charge on any atom is 0.246 e. The molecule has 19 heavy (non-hydrogen) atoms. The van der Waals surface area contributed by atoms with Crippen LogP contribution in [0, 0.1) is 12.3 Å². The standard InChI is InChI=1S/C15H22N2O2/c1-10-8-6-7-9-12(10)17-13(18)11(2)16-14(19)15(3,4)5/h6-9,11H,1-5H3,(H,16,19)(H,17,18)/t11-/m1/s1. The Morgan fingerprint density at radius 1 is 1.16 bits per heavy atom. The fourth-order valence-electron chi connectivity index (χ4n) is 1.43. The second-order valence-corrected chi connectivity index (χ2v) is 5.75. The Morgan fingerprint density at radius 2 is 1.74 bits per heavy atom. The largest absolute Gasteiger partial charge is 0.344 e. The molecule has 2 amide bonds. The molecule has 0 heterocycles. The highest BCUT2D eigenvalue weighted by Gasteiger charge is 2.25. The predicted molar refractivity (Wildman–Crippen MR) is 76.9 cm³/mol. The quantitative estimate of drug-likeness (QED) is 0.879. The molecule has 0 saturated carbocycles. The summed E-state index contributed by atoms with van der Waals surface area (Å²) >= 11 is 0. The lowest BCUT2D eigenvalue weighted by molar-refractivity contribution is -0.131. The number of carbonyl (C=O) groups excluding carboxylic acids is 2.